The number of amides is 1. The Bertz CT molecular complexity index is 469. The lowest BCUT2D eigenvalue weighted by atomic mass is 9.94. The molecule has 0 heterocycles. The monoisotopic (exact) mass is 245 g/mol. The van der Waals surface area contributed by atoms with Crippen molar-refractivity contribution < 1.29 is 9.59 Å². The van der Waals surface area contributed by atoms with E-state index in [1.165, 1.54) is 0 Å². The summed E-state index contributed by atoms with van der Waals surface area (Å²) in [6, 6.07) is 5.98. The van der Waals surface area contributed by atoms with Gasteiger partial charge in [-0.1, -0.05) is 17.7 Å². The highest BCUT2D eigenvalue weighted by molar-refractivity contribution is 5.96. The van der Waals surface area contributed by atoms with Gasteiger partial charge in [-0.3, -0.25) is 9.59 Å². The molecule has 1 aromatic carbocycles. The van der Waals surface area contributed by atoms with Crippen LogP contribution in [0, 0.1) is 13.8 Å². The lowest BCUT2D eigenvalue weighted by Crippen LogP contribution is -2.38. The number of ketones is 1. The Morgan fingerprint density at radius 3 is 2.50 bits per heavy atom. The number of carbonyl (C=O) groups excluding carboxylic acids is 2. The minimum atomic E-state index is -0.0214. The van der Waals surface area contributed by atoms with Crippen LogP contribution in [0.5, 0.6) is 0 Å². The molecule has 0 aromatic heterocycles. The van der Waals surface area contributed by atoms with Gasteiger partial charge in [-0.2, -0.15) is 0 Å². The first kappa shape index (κ1) is 12.8. The molecule has 96 valence electrons. The van der Waals surface area contributed by atoms with Crippen molar-refractivity contribution in [3.63, 3.8) is 0 Å². The van der Waals surface area contributed by atoms with E-state index in [4.69, 9.17) is 0 Å². The van der Waals surface area contributed by atoms with Crippen molar-refractivity contribution in [1.29, 1.82) is 0 Å². The van der Waals surface area contributed by atoms with Crippen LogP contribution in [-0.4, -0.2) is 17.7 Å². The van der Waals surface area contributed by atoms with Gasteiger partial charge in [-0.15, -0.1) is 0 Å². The lowest BCUT2D eigenvalue weighted by Gasteiger charge is -2.22. The molecule has 0 spiro atoms. The van der Waals surface area contributed by atoms with E-state index in [0.29, 0.717) is 18.6 Å². The molecule has 3 heteroatoms. The maximum absolute atomic E-state index is 12.1. The van der Waals surface area contributed by atoms with Gasteiger partial charge in [-0.25, -0.2) is 0 Å². The molecule has 0 atom stereocenters. The molecular weight excluding hydrogens is 226 g/mol. The second-order valence-corrected chi connectivity index (χ2v) is 5.10. The summed E-state index contributed by atoms with van der Waals surface area (Å²) in [6.45, 7) is 3.97. The van der Waals surface area contributed by atoms with E-state index < -0.39 is 0 Å². The van der Waals surface area contributed by atoms with Gasteiger partial charge in [0.1, 0.15) is 5.78 Å². The van der Waals surface area contributed by atoms with Crippen LogP contribution in [0.4, 0.5) is 0 Å². The second kappa shape index (κ2) is 5.34. The molecule has 3 nitrogen and oxygen atoms in total. The zero-order valence-corrected chi connectivity index (χ0v) is 11.0. The summed E-state index contributed by atoms with van der Waals surface area (Å²) >= 11 is 0. The van der Waals surface area contributed by atoms with Gasteiger partial charge < -0.3 is 5.32 Å². The smallest absolute Gasteiger partial charge is 0.251 e. The minimum Gasteiger partial charge on any atom is -0.349 e. The molecule has 0 radical (unpaired) electrons. The largest absolute Gasteiger partial charge is 0.349 e. The van der Waals surface area contributed by atoms with Crippen molar-refractivity contribution in [2.45, 2.75) is 45.6 Å². The molecule has 1 aromatic rings. The van der Waals surface area contributed by atoms with E-state index >= 15 is 0 Å². The van der Waals surface area contributed by atoms with E-state index in [0.717, 1.165) is 29.5 Å². The third-order valence-corrected chi connectivity index (χ3v) is 3.51. The van der Waals surface area contributed by atoms with Crippen molar-refractivity contribution in [1.82, 2.24) is 5.32 Å². The highest BCUT2D eigenvalue weighted by Crippen LogP contribution is 2.16. The van der Waals surface area contributed by atoms with Crippen molar-refractivity contribution >= 4 is 11.7 Å². The van der Waals surface area contributed by atoms with Gasteiger partial charge in [0.25, 0.3) is 5.91 Å². The molecule has 2 rings (SSSR count). The highest BCUT2D eigenvalue weighted by Gasteiger charge is 2.21. The van der Waals surface area contributed by atoms with E-state index in [2.05, 4.69) is 5.32 Å². The van der Waals surface area contributed by atoms with Crippen LogP contribution in [0.2, 0.25) is 0 Å². The lowest BCUT2D eigenvalue weighted by molar-refractivity contribution is -0.120. The third-order valence-electron chi connectivity index (χ3n) is 3.51. The average molecular weight is 245 g/mol. The SMILES string of the molecule is Cc1ccc(C(=O)NC2CCC(=O)CC2)c(C)c1. The molecule has 1 aliphatic carbocycles. The highest BCUT2D eigenvalue weighted by atomic mass is 16.1. The van der Waals surface area contributed by atoms with E-state index in [1.54, 1.807) is 0 Å². The molecule has 0 aliphatic heterocycles. The van der Waals surface area contributed by atoms with E-state index in [-0.39, 0.29) is 11.9 Å². The maximum atomic E-state index is 12.1. The summed E-state index contributed by atoms with van der Waals surface area (Å²) in [5.41, 5.74) is 2.89. The van der Waals surface area contributed by atoms with Crippen LogP contribution in [0.25, 0.3) is 0 Å². The number of rotatable bonds is 2. The minimum absolute atomic E-state index is 0.0214. The number of nitrogens with one attached hydrogen (secondary N) is 1. The summed E-state index contributed by atoms with van der Waals surface area (Å²) in [4.78, 5) is 23.3. The fraction of sp³-hybridized carbons (Fsp3) is 0.467. The zero-order chi connectivity index (χ0) is 13.1. The Labute approximate surface area is 108 Å². The summed E-state index contributed by atoms with van der Waals surface area (Å²) in [7, 11) is 0. The molecule has 0 unspecified atom stereocenters. The van der Waals surface area contributed by atoms with E-state index in [1.807, 2.05) is 32.0 Å². The average Bonchev–Trinajstić information content (AvgIpc) is 2.32. The first-order chi connectivity index (χ1) is 8.56. The van der Waals surface area contributed by atoms with Crippen LogP contribution in [0.1, 0.15) is 47.2 Å². The summed E-state index contributed by atoms with van der Waals surface area (Å²) in [5, 5.41) is 3.02. The molecule has 0 bridgehead atoms. The molecule has 0 saturated heterocycles. The predicted molar refractivity (Wildman–Crippen MR) is 70.6 cm³/mol. The van der Waals surface area contributed by atoms with Crippen molar-refractivity contribution in [2.24, 2.45) is 0 Å². The number of benzene rings is 1. The third kappa shape index (κ3) is 2.97. The molecule has 1 saturated carbocycles. The Balaban J connectivity index is 2.01. The Morgan fingerprint density at radius 2 is 1.89 bits per heavy atom. The van der Waals surface area contributed by atoms with Gasteiger partial charge in [0.05, 0.1) is 0 Å². The van der Waals surface area contributed by atoms with Gasteiger partial charge in [-0.05, 0) is 38.3 Å². The normalized spacial score (nSPS) is 16.7. The summed E-state index contributed by atoms with van der Waals surface area (Å²) in [6.07, 6.45) is 2.74. The molecule has 1 N–H and O–H groups in total. The van der Waals surface area contributed by atoms with Crippen LogP contribution in [0.3, 0.4) is 0 Å². The number of hydrogen-bond acceptors (Lipinski definition) is 2. The molecule has 18 heavy (non-hydrogen) atoms. The number of hydrogen-bond donors (Lipinski definition) is 1. The Hall–Kier alpha value is -1.64. The van der Waals surface area contributed by atoms with Gasteiger partial charge >= 0.3 is 0 Å². The Kier molecular flexibility index (Phi) is 3.80. The number of aryl methyl sites for hydroxylation is 2. The first-order valence-electron chi connectivity index (χ1n) is 6.46. The standard InChI is InChI=1S/C15H19NO2/c1-10-3-8-14(11(2)9-10)15(18)16-12-4-6-13(17)7-5-12/h3,8-9,12H,4-7H2,1-2H3,(H,16,18). The zero-order valence-electron chi connectivity index (χ0n) is 11.0. The topological polar surface area (TPSA) is 46.2 Å². The fourth-order valence-electron chi connectivity index (χ4n) is 2.42. The van der Waals surface area contributed by atoms with Crippen molar-refractivity contribution in [3.8, 4) is 0 Å². The second-order valence-electron chi connectivity index (χ2n) is 5.10. The quantitative estimate of drug-likeness (QED) is 0.870. The summed E-state index contributed by atoms with van der Waals surface area (Å²) < 4.78 is 0. The maximum Gasteiger partial charge on any atom is 0.251 e. The molecule has 1 fully saturated rings. The Morgan fingerprint density at radius 1 is 1.22 bits per heavy atom. The van der Waals surface area contributed by atoms with Crippen LogP contribution < -0.4 is 5.32 Å². The van der Waals surface area contributed by atoms with Gasteiger partial charge in [0.2, 0.25) is 0 Å². The van der Waals surface area contributed by atoms with Crippen molar-refractivity contribution in [2.75, 3.05) is 0 Å². The number of carbonyl (C=O) groups is 2. The predicted octanol–water partition coefficient (Wildman–Crippen LogP) is 2.54. The fourth-order valence-corrected chi connectivity index (χ4v) is 2.42. The van der Waals surface area contributed by atoms with Gasteiger partial charge in [0.15, 0.2) is 0 Å². The van der Waals surface area contributed by atoms with Gasteiger partial charge in [0, 0.05) is 24.4 Å². The van der Waals surface area contributed by atoms with Crippen molar-refractivity contribution in [3.05, 3.63) is 34.9 Å². The molecular formula is C15H19NO2. The molecule has 1 aliphatic rings. The molecule has 1 amide bonds. The van der Waals surface area contributed by atoms with Crippen LogP contribution >= 0.6 is 0 Å². The summed E-state index contributed by atoms with van der Waals surface area (Å²) in [5.74, 6) is 0.291. The van der Waals surface area contributed by atoms with Crippen LogP contribution in [0.15, 0.2) is 18.2 Å². The van der Waals surface area contributed by atoms with Crippen LogP contribution in [-0.2, 0) is 4.79 Å². The van der Waals surface area contributed by atoms with E-state index in [9.17, 15) is 9.59 Å². The number of Topliss-reactive ketones (excluding diaryl/α,β-unsaturated/α-hetero) is 1. The first-order valence-corrected chi connectivity index (χ1v) is 6.46.